The molecule has 0 bridgehead atoms. The smallest absolute Gasteiger partial charge is 0.157 e. The summed E-state index contributed by atoms with van der Waals surface area (Å²) in [6, 6.07) is 11.7. The third kappa shape index (κ3) is 2.77. The predicted octanol–water partition coefficient (Wildman–Crippen LogP) is 1.58. The number of hydrazine groups is 1. The molecule has 17 heavy (non-hydrogen) atoms. The lowest BCUT2D eigenvalue weighted by Crippen LogP contribution is -2.11. The Labute approximate surface area is 99.6 Å². The van der Waals surface area contributed by atoms with Gasteiger partial charge < -0.3 is 10.2 Å². The lowest BCUT2D eigenvalue weighted by Gasteiger charge is -2.07. The summed E-state index contributed by atoms with van der Waals surface area (Å²) < 4.78 is 5.02. The molecule has 0 amide bonds. The second kappa shape index (κ2) is 5.38. The standard InChI is InChI=1S/C12H14N4O/c1-17-8-12-14-10(7-11(15-12)16-13)9-5-3-2-4-6-9/h2-7H,8,13H2,1H3,(H,14,15,16). The SMILES string of the molecule is COCc1nc(NN)cc(-c2ccccc2)n1. The molecule has 0 unspecified atom stereocenters. The van der Waals surface area contributed by atoms with Gasteiger partial charge >= 0.3 is 0 Å². The van der Waals surface area contributed by atoms with E-state index >= 15 is 0 Å². The Morgan fingerprint density at radius 1 is 1.24 bits per heavy atom. The zero-order chi connectivity index (χ0) is 12.1. The molecule has 1 heterocycles. The second-order valence-corrected chi connectivity index (χ2v) is 3.50. The van der Waals surface area contributed by atoms with Crippen molar-refractivity contribution in [1.29, 1.82) is 0 Å². The summed E-state index contributed by atoms with van der Waals surface area (Å²) in [5, 5.41) is 0. The van der Waals surface area contributed by atoms with Gasteiger partial charge in [0.25, 0.3) is 0 Å². The maximum absolute atomic E-state index is 5.38. The van der Waals surface area contributed by atoms with E-state index in [2.05, 4.69) is 15.4 Å². The third-order valence-electron chi connectivity index (χ3n) is 2.26. The van der Waals surface area contributed by atoms with Crippen molar-refractivity contribution in [1.82, 2.24) is 9.97 Å². The van der Waals surface area contributed by atoms with Crippen molar-refractivity contribution in [2.75, 3.05) is 12.5 Å². The number of nitrogens with zero attached hydrogens (tertiary/aromatic N) is 2. The zero-order valence-corrected chi connectivity index (χ0v) is 9.55. The average molecular weight is 230 g/mol. The number of nitrogens with two attached hydrogens (primary N) is 1. The maximum Gasteiger partial charge on any atom is 0.157 e. The number of hydrogen-bond acceptors (Lipinski definition) is 5. The fourth-order valence-corrected chi connectivity index (χ4v) is 1.52. The first kappa shape index (κ1) is 11.5. The van der Waals surface area contributed by atoms with Crippen LogP contribution in [0, 0.1) is 0 Å². The van der Waals surface area contributed by atoms with Crippen molar-refractivity contribution >= 4 is 5.82 Å². The van der Waals surface area contributed by atoms with E-state index < -0.39 is 0 Å². The molecule has 2 aromatic rings. The van der Waals surface area contributed by atoms with Crippen molar-refractivity contribution in [3.63, 3.8) is 0 Å². The quantitative estimate of drug-likeness (QED) is 0.616. The summed E-state index contributed by atoms with van der Waals surface area (Å²) in [5.74, 6) is 6.55. The van der Waals surface area contributed by atoms with Crippen molar-refractivity contribution < 1.29 is 4.74 Å². The van der Waals surface area contributed by atoms with E-state index in [-0.39, 0.29) is 0 Å². The highest BCUT2D eigenvalue weighted by molar-refractivity contribution is 5.62. The van der Waals surface area contributed by atoms with Crippen LogP contribution in [-0.2, 0) is 11.3 Å². The highest BCUT2D eigenvalue weighted by atomic mass is 16.5. The lowest BCUT2D eigenvalue weighted by atomic mass is 10.1. The molecule has 2 rings (SSSR count). The Balaban J connectivity index is 2.43. The normalized spacial score (nSPS) is 10.2. The number of anilines is 1. The van der Waals surface area contributed by atoms with Crippen LogP contribution in [0.25, 0.3) is 11.3 Å². The summed E-state index contributed by atoms with van der Waals surface area (Å²) in [6.07, 6.45) is 0. The summed E-state index contributed by atoms with van der Waals surface area (Å²) >= 11 is 0. The topological polar surface area (TPSA) is 73.1 Å². The van der Waals surface area contributed by atoms with Crippen LogP contribution < -0.4 is 11.3 Å². The number of nitrogen functional groups attached to an aromatic ring is 1. The molecule has 0 saturated carbocycles. The van der Waals surface area contributed by atoms with E-state index in [1.165, 1.54) is 0 Å². The van der Waals surface area contributed by atoms with Crippen LogP contribution in [0.4, 0.5) is 5.82 Å². The van der Waals surface area contributed by atoms with Crippen LogP contribution in [0.3, 0.4) is 0 Å². The van der Waals surface area contributed by atoms with Crippen LogP contribution in [0.1, 0.15) is 5.82 Å². The van der Waals surface area contributed by atoms with Crippen molar-refractivity contribution in [3.05, 3.63) is 42.2 Å². The molecule has 0 aliphatic carbocycles. The number of nitrogens with one attached hydrogen (secondary N) is 1. The number of ether oxygens (including phenoxy) is 1. The van der Waals surface area contributed by atoms with E-state index in [0.717, 1.165) is 11.3 Å². The first-order chi connectivity index (χ1) is 8.33. The van der Waals surface area contributed by atoms with Gasteiger partial charge in [0.15, 0.2) is 5.82 Å². The predicted molar refractivity (Wildman–Crippen MR) is 66.0 cm³/mol. The van der Waals surface area contributed by atoms with E-state index in [4.69, 9.17) is 10.6 Å². The Kier molecular flexibility index (Phi) is 3.64. The lowest BCUT2D eigenvalue weighted by molar-refractivity contribution is 0.178. The Morgan fingerprint density at radius 3 is 2.65 bits per heavy atom. The van der Waals surface area contributed by atoms with Gasteiger partial charge in [0, 0.05) is 18.7 Å². The Morgan fingerprint density at radius 2 is 2.00 bits per heavy atom. The molecular weight excluding hydrogens is 216 g/mol. The van der Waals surface area contributed by atoms with E-state index in [9.17, 15) is 0 Å². The molecule has 88 valence electrons. The van der Waals surface area contributed by atoms with Gasteiger partial charge in [-0.15, -0.1) is 0 Å². The van der Waals surface area contributed by atoms with Gasteiger partial charge in [-0.05, 0) is 0 Å². The molecule has 5 heteroatoms. The first-order valence-corrected chi connectivity index (χ1v) is 5.22. The molecule has 5 nitrogen and oxygen atoms in total. The van der Waals surface area contributed by atoms with Crippen LogP contribution in [-0.4, -0.2) is 17.1 Å². The minimum atomic E-state index is 0.357. The molecule has 0 radical (unpaired) electrons. The largest absolute Gasteiger partial charge is 0.377 e. The molecule has 0 spiro atoms. The van der Waals surface area contributed by atoms with Crippen molar-refractivity contribution in [2.45, 2.75) is 6.61 Å². The number of aromatic nitrogens is 2. The first-order valence-electron chi connectivity index (χ1n) is 5.22. The number of hydrogen-bond donors (Lipinski definition) is 2. The van der Waals surface area contributed by atoms with E-state index in [0.29, 0.717) is 18.2 Å². The number of methoxy groups -OCH3 is 1. The Hall–Kier alpha value is -1.98. The van der Waals surface area contributed by atoms with Crippen LogP contribution in [0.15, 0.2) is 36.4 Å². The molecule has 0 fully saturated rings. The highest BCUT2D eigenvalue weighted by Crippen LogP contribution is 2.19. The fraction of sp³-hybridized carbons (Fsp3) is 0.167. The van der Waals surface area contributed by atoms with E-state index in [1.54, 1.807) is 13.2 Å². The van der Waals surface area contributed by atoms with Crippen molar-refractivity contribution in [3.8, 4) is 11.3 Å². The van der Waals surface area contributed by atoms with Crippen LogP contribution in [0.2, 0.25) is 0 Å². The molecule has 0 aliphatic heterocycles. The fourth-order valence-electron chi connectivity index (χ4n) is 1.52. The summed E-state index contributed by atoms with van der Waals surface area (Å²) in [5.41, 5.74) is 4.37. The van der Waals surface area contributed by atoms with E-state index in [1.807, 2.05) is 30.3 Å². The van der Waals surface area contributed by atoms with Crippen LogP contribution >= 0.6 is 0 Å². The molecule has 1 aromatic heterocycles. The number of benzene rings is 1. The molecule has 0 aliphatic rings. The third-order valence-corrected chi connectivity index (χ3v) is 2.26. The second-order valence-electron chi connectivity index (χ2n) is 3.50. The molecule has 1 aromatic carbocycles. The average Bonchev–Trinajstić information content (AvgIpc) is 2.40. The number of rotatable bonds is 4. The zero-order valence-electron chi connectivity index (χ0n) is 9.55. The minimum Gasteiger partial charge on any atom is -0.377 e. The molecule has 3 N–H and O–H groups in total. The summed E-state index contributed by atoms with van der Waals surface area (Å²) in [6.45, 7) is 0.357. The summed E-state index contributed by atoms with van der Waals surface area (Å²) in [4.78, 5) is 8.60. The molecule has 0 atom stereocenters. The van der Waals surface area contributed by atoms with Gasteiger partial charge in [0.05, 0.1) is 5.69 Å². The van der Waals surface area contributed by atoms with Gasteiger partial charge in [-0.1, -0.05) is 30.3 Å². The van der Waals surface area contributed by atoms with Gasteiger partial charge in [0.1, 0.15) is 12.4 Å². The monoisotopic (exact) mass is 230 g/mol. The van der Waals surface area contributed by atoms with Crippen LogP contribution in [0.5, 0.6) is 0 Å². The minimum absolute atomic E-state index is 0.357. The molecular formula is C12H14N4O. The van der Waals surface area contributed by atoms with Gasteiger partial charge in [-0.2, -0.15) is 0 Å². The van der Waals surface area contributed by atoms with Crippen molar-refractivity contribution in [2.24, 2.45) is 5.84 Å². The van der Waals surface area contributed by atoms with Gasteiger partial charge in [-0.25, -0.2) is 15.8 Å². The Bertz CT molecular complexity index is 487. The molecule has 0 saturated heterocycles. The van der Waals surface area contributed by atoms with Gasteiger partial charge in [0.2, 0.25) is 0 Å². The van der Waals surface area contributed by atoms with Gasteiger partial charge in [-0.3, -0.25) is 0 Å². The highest BCUT2D eigenvalue weighted by Gasteiger charge is 2.05. The maximum atomic E-state index is 5.38. The summed E-state index contributed by atoms with van der Waals surface area (Å²) in [7, 11) is 1.61.